The highest BCUT2D eigenvalue weighted by atomic mass is 28.4. The maximum absolute atomic E-state index is 6.59. The van der Waals surface area contributed by atoms with Gasteiger partial charge in [0.15, 0.2) is 0 Å². The zero-order valence-electron chi connectivity index (χ0n) is 17.4. The highest BCUT2D eigenvalue weighted by molar-refractivity contribution is 6.69. The molecule has 0 heterocycles. The molecule has 26 heavy (non-hydrogen) atoms. The van der Waals surface area contributed by atoms with E-state index in [1.54, 1.807) is 7.11 Å². The molecule has 1 unspecified atom stereocenters. The quantitative estimate of drug-likeness (QED) is 0.348. The number of ether oxygens (including phenoxy) is 1. The molecule has 1 aromatic carbocycles. The summed E-state index contributed by atoms with van der Waals surface area (Å²) >= 11 is 0. The summed E-state index contributed by atoms with van der Waals surface area (Å²) < 4.78 is 18.4. The molecule has 5 heteroatoms. The normalized spacial score (nSPS) is 13.3. The first-order valence-corrected chi connectivity index (χ1v) is 12.2. The van der Waals surface area contributed by atoms with Gasteiger partial charge in [-0.2, -0.15) is 0 Å². The molecule has 1 rings (SSSR count). The molecule has 0 fully saturated rings. The minimum atomic E-state index is -2.48. The Kier molecular flexibility index (Phi) is 12.1. The van der Waals surface area contributed by atoms with E-state index in [2.05, 4.69) is 63.3 Å². The van der Waals surface area contributed by atoms with Crippen molar-refractivity contribution >= 4 is 8.56 Å². The van der Waals surface area contributed by atoms with Gasteiger partial charge in [0, 0.05) is 26.9 Å². The molecule has 0 saturated heterocycles. The van der Waals surface area contributed by atoms with Crippen LogP contribution < -0.4 is 5.32 Å². The number of rotatable bonds is 15. The van der Waals surface area contributed by atoms with Gasteiger partial charge in [-0.15, -0.1) is 0 Å². The molecule has 150 valence electrons. The molecule has 1 atom stereocenters. The van der Waals surface area contributed by atoms with Gasteiger partial charge in [-0.1, -0.05) is 58.0 Å². The summed E-state index contributed by atoms with van der Waals surface area (Å²) in [5.41, 5.74) is 1.39. The fourth-order valence-electron chi connectivity index (χ4n) is 3.20. The molecule has 0 aliphatic rings. The van der Waals surface area contributed by atoms with Crippen molar-refractivity contribution in [2.45, 2.75) is 58.7 Å². The van der Waals surface area contributed by atoms with Crippen molar-refractivity contribution in [2.24, 2.45) is 5.92 Å². The van der Waals surface area contributed by atoms with Gasteiger partial charge in [-0.25, -0.2) is 0 Å². The fraction of sp³-hybridized carbons (Fsp3) is 0.714. The summed E-state index contributed by atoms with van der Waals surface area (Å²) in [7, 11) is -0.732. The highest BCUT2D eigenvalue weighted by Crippen LogP contribution is 2.33. The monoisotopic (exact) mass is 381 g/mol. The molecule has 0 aliphatic heterocycles. The van der Waals surface area contributed by atoms with Gasteiger partial charge in [0.25, 0.3) is 0 Å². The second kappa shape index (κ2) is 13.4. The van der Waals surface area contributed by atoms with Gasteiger partial charge in [-0.05, 0) is 43.3 Å². The number of nitrogens with one attached hydrogen (secondary N) is 1. The Balaban J connectivity index is 3.17. The van der Waals surface area contributed by atoms with Crippen molar-refractivity contribution in [1.82, 2.24) is 5.32 Å². The summed E-state index contributed by atoms with van der Waals surface area (Å²) in [6, 6.07) is 11.7. The molecule has 0 radical (unpaired) electrons. The van der Waals surface area contributed by atoms with Crippen LogP contribution in [0.4, 0.5) is 0 Å². The molecule has 0 spiro atoms. The summed E-state index contributed by atoms with van der Waals surface area (Å²) in [6.45, 7) is 12.0. The zero-order chi connectivity index (χ0) is 19.3. The smallest absolute Gasteiger partial charge is 0.360 e. The third kappa shape index (κ3) is 7.88. The molecule has 0 saturated carbocycles. The Labute approximate surface area is 161 Å². The van der Waals surface area contributed by atoms with E-state index in [-0.39, 0.29) is 5.67 Å². The minimum Gasteiger partial charge on any atom is -0.393 e. The number of methoxy groups -OCH3 is 1. The highest BCUT2D eigenvalue weighted by Gasteiger charge is 2.47. The predicted molar refractivity (Wildman–Crippen MR) is 112 cm³/mol. The van der Waals surface area contributed by atoms with E-state index in [1.165, 1.54) is 5.56 Å². The van der Waals surface area contributed by atoms with E-state index in [0.717, 1.165) is 51.7 Å². The minimum absolute atomic E-state index is 0.126. The fourth-order valence-corrected chi connectivity index (χ4v) is 7.48. The van der Waals surface area contributed by atoms with Gasteiger partial charge < -0.3 is 18.9 Å². The number of hydrogen-bond acceptors (Lipinski definition) is 4. The first kappa shape index (κ1) is 23.3. The van der Waals surface area contributed by atoms with Crippen molar-refractivity contribution in [3.8, 4) is 0 Å². The maximum Gasteiger partial charge on any atom is 0.360 e. The molecular weight excluding hydrogens is 342 g/mol. The summed E-state index contributed by atoms with van der Waals surface area (Å²) in [6.07, 6.45) is 2.99. The lowest BCUT2D eigenvalue weighted by Gasteiger charge is -2.39. The third-order valence-electron chi connectivity index (χ3n) is 4.24. The van der Waals surface area contributed by atoms with Crippen LogP contribution in [0.2, 0.25) is 6.04 Å². The maximum atomic E-state index is 6.59. The van der Waals surface area contributed by atoms with E-state index < -0.39 is 8.56 Å². The van der Waals surface area contributed by atoms with Crippen molar-refractivity contribution < 1.29 is 13.6 Å². The molecule has 0 bridgehead atoms. The van der Waals surface area contributed by atoms with Crippen LogP contribution >= 0.6 is 0 Å². The van der Waals surface area contributed by atoms with E-state index in [0.29, 0.717) is 5.92 Å². The Hall–Kier alpha value is -0.723. The van der Waals surface area contributed by atoms with Crippen LogP contribution in [0, 0.1) is 5.92 Å². The molecule has 4 nitrogen and oxygen atoms in total. The van der Waals surface area contributed by atoms with Crippen LogP contribution in [0.1, 0.15) is 58.2 Å². The number of benzene rings is 1. The van der Waals surface area contributed by atoms with Crippen molar-refractivity contribution in [2.75, 3.05) is 33.5 Å². The Morgan fingerprint density at radius 2 is 1.58 bits per heavy atom. The van der Waals surface area contributed by atoms with Gasteiger partial charge in [0.05, 0.1) is 5.67 Å². The average molecular weight is 382 g/mol. The largest absolute Gasteiger partial charge is 0.393 e. The molecule has 0 aliphatic carbocycles. The van der Waals surface area contributed by atoms with Gasteiger partial charge >= 0.3 is 8.56 Å². The molecule has 0 amide bonds. The van der Waals surface area contributed by atoms with Gasteiger partial charge in [0.2, 0.25) is 0 Å². The van der Waals surface area contributed by atoms with E-state index in [4.69, 9.17) is 13.6 Å². The first-order chi connectivity index (χ1) is 12.6. The summed E-state index contributed by atoms with van der Waals surface area (Å²) in [4.78, 5) is 0. The number of hydrogen-bond donors (Lipinski definition) is 1. The molecule has 0 aromatic heterocycles. The molecule has 1 N–H and O–H groups in total. The lowest BCUT2D eigenvalue weighted by molar-refractivity contribution is 0.148. The second-order valence-electron chi connectivity index (χ2n) is 7.25. The summed E-state index contributed by atoms with van der Waals surface area (Å²) in [5, 5.41) is 3.77. The second-order valence-corrected chi connectivity index (χ2v) is 10.4. The predicted octanol–water partition coefficient (Wildman–Crippen LogP) is 4.84. The lowest BCUT2D eigenvalue weighted by atomic mass is 10.2. The Morgan fingerprint density at radius 1 is 0.962 bits per heavy atom. The van der Waals surface area contributed by atoms with Gasteiger partial charge in [-0.3, -0.25) is 0 Å². The zero-order valence-corrected chi connectivity index (χ0v) is 18.4. The van der Waals surface area contributed by atoms with E-state index >= 15 is 0 Å². The Morgan fingerprint density at radius 3 is 2.08 bits per heavy atom. The van der Waals surface area contributed by atoms with Gasteiger partial charge in [0.1, 0.15) is 0 Å². The first-order valence-electron chi connectivity index (χ1n) is 10.1. The van der Waals surface area contributed by atoms with Crippen molar-refractivity contribution in [3.63, 3.8) is 0 Å². The van der Waals surface area contributed by atoms with Crippen LogP contribution in [-0.4, -0.2) is 42.0 Å². The summed E-state index contributed by atoms with van der Waals surface area (Å²) in [5.74, 6) is 0.530. The average Bonchev–Trinajstić information content (AvgIpc) is 2.64. The topological polar surface area (TPSA) is 39.7 Å². The van der Waals surface area contributed by atoms with Crippen LogP contribution in [0.15, 0.2) is 30.3 Å². The van der Waals surface area contributed by atoms with Crippen LogP contribution in [-0.2, 0) is 13.6 Å². The van der Waals surface area contributed by atoms with Crippen LogP contribution in [0.25, 0.3) is 0 Å². The van der Waals surface area contributed by atoms with E-state index in [9.17, 15) is 0 Å². The van der Waals surface area contributed by atoms with Crippen molar-refractivity contribution in [1.29, 1.82) is 0 Å². The Bertz CT molecular complexity index is 448. The van der Waals surface area contributed by atoms with E-state index in [1.807, 2.05) is 0 Å². The lowest BCUT2D eigenvalue weighted by Crippen LogP contribution is -2.55. The third-order valence-corrected chi connectivity index (χ3v) is 8.43. The molecule has 1 aromatic rings. The van der Waals surface area contributed by atoms with Crippen LogP contribution in [0.3, 0.4) is 0 Å². The van der Waals surface area contributed by atoms with Crippen molar-refractivity contribution in [3.05, 3.63) is 35.9 Å². The SMILES string of the molecule is CCCO[Si](CC(C)C)(OCCC)C(NCCCOC)c1ccccc1. The van der Waals surface area contributed by atoms with Crippen LogP contribution in [0.5, 0.6) is 0 Å². The molecular formula is C21H39NO3Si. The standard InChI is InChI=1S/C21H39NO3Si/c1-6-15-24-26(18-19(3)4,25-16-7-2)21(22-14-11-17-23-5)20-12-9-8-10-13-20/h8-10,12-13,19,21-22H,6-7,11,14-18H2,1-5H3.